The number of hydrogen-bond donors (Lipinski definition) is 2. The molecule has 1 unspecified atom stereocenters. The van der Waals surface area contributed by atoms with Crippen LogP contribution >= 0.6 is 23.4 Å². The molecular weight excluding hydrogens is 306 g/mol. The van der Waals surface area contributed by atoms with Crippen molar-refractivity contribution in [2.75, 3.05) is 0 Å². The van der Waals surface area contributed by atoms with E-state index in [0.29, 0.717) is 10.7 Å². The second-order valence-electron chi connectivity index (χ2n) is 4.82. The van der Waals surface area contributed by atoms with Gasteiger partial charge < -0.3 is 10.7 Å². The number of aromatic nitrogens is 4. The lowest BCUT2D eigenvalue weighted by Crippen LogP contribution is -2.18. The molecule has 3 aromatic rings. The Balaban J connectivity index is 1.99. The van der Waals surface area contributed by atoms with E-state index < -0.39 is 0 Å². The Morgan fingerprint density at radius 3 is 3.00 bits per heavy atom. The fraction of sp³-hybridized carbons (Fsp3) is 0.214. The largest absolute Gasteiger partial charge is 0.341 e. The molecule has 0 saturated carbocycles. The van der Waals surface area contributed by atoms with E-state index in [1.54, 1.807) is 18.1 Å². The van der Waals surface area contributed by atoms with Gasteiger partial charge in [-0.25, -0.2) is 15.0 Å². The maximum atomic E-state index is 6.09. The lowest BCUT2D eigenvalue weighted by molar-refractivity contribution is 0.729. The summed E-state index contributed by atoms with van der Waals surface area (Å²) in [6.07, 6.45) is 3.90. The molecule has 0 aliphatic heterocycles. The van der Waals surface area contributed by atoms with Crippen LogP contribution in [0.2, 0.25) is 5.02 Å². The molecule has 0 saturated heterocycles. The van der Waals surface area contributed by atoms with Gasteiger partial charge >= 0.3 is 0 Å². The van der Waals surface area contributed by atoms with Crippen molar-refractivity contribution < 1.29 is 0 Å². The number of hydrogen-bond acceptors (Lipinski definition) is 5. The van der Waals surface area contributed by atoms with Gasteiger partial charge in [0.25, 0.3) is 0 Å². The van der Waals surface area contributed by atoms with Crippen molar-refractivity contribution >= 4 is 34.5 Å². The second-order valence-corrected chi connectivity index (χ2v) is 6.28. The van der Waals surface area contributed by atoms with Gasteiger partial charge in [0.2, 0.25) is 0 Å². The Hall–Kier alpha value is -1.63. The zero-order chi connectivity index (χ0) is 14.8. The normalized spacial score (nSPS) is 12.7. The Bertz CT molecular complexity index is 771. The molecule has 108 valence electrons. The van der Waals surface area contributed by atoms with Gasteiger partial charge in [-0.15, -0.1) is 0 Å². The summed E-state index contributed by atoms with van der Waals surface area (Å²) in [6.45, 7) is 1.98. The van der Waals surface area contributed by atoms with Crippen LogP contribution in [0.25, 0.3) is 11.2 Å². The molecule has 0 radical (unpaired) electrons. The first-order valence-electron chi connectivity index (χ1n) is 6.49. The van der Waals surface area contributed by atoms with Crippen LogP contribution in [-0.2, 0) is 6.42 Å². The highest BCUT2D eigenvalue weighted by atomic mass is 35.5. The number of nitrogens with zero attached hydrogens (tertiary/aromatic N) is 3. The molecule has 3 N–H and O–H groups in total. The second kappa shape index (κ2) is 6.01. The van der Waals surface area contributed by atoms with Crippen LogP contribution in [0.15, 0.2) is 40.8 Å². The van der Waals surface area contributed by atoms with E-state index in [1.165, 1.54) is 6.33 Å². The van der Waals surface area contributed by atoms with Gasteiger partial charge in [0.1, 0.15) is 16.9 Å². The van der Waals surface area contributed by atoms with E-state index in [1.807, 2.05) is 25.1 Å². The van der Waals surface area contributed by atoms with Crippen LogP contribution in [0, 0.1) is 0 Å². The SMILES string of the molecule is CC(N)Cc1cc(Cl)ccc1Sc1ncnc2nc[nH]c12. The molecule has 3 rings (SSSR count). The van der Waals surface area contributed by atoms with Crippen molar-refractivity contribution in [3.8, 4) is 0 Å². The predicted octanol–water partition coefficient (Wildman–Crippen LogP) is 3.05. The molecule has 7 heteroatoms. The van der Waals surface area contributed by atoms with E-state index in [0.717, 1.165) is 27.4 Å². The molecule has 0 aliphatic rings. The van der Waals surface area contributed by atoms with Crippen LogP contribution in [0.4, 0.5) is 0 Å². The Morgan fingerprint density at radius 2 is 2.19 bits per heavy atom. The average Bonchev–Trinajstić information content (AvgIpc) is 2.90. The van der Waals surface area contributed by atoms with Gasteiger partial charge in [-0.05, 0) is 37.1 Å². The highest BCUT2D eigenvalue weighted by molar-refractivity contribution is 7.99. The lowest BCUT2D eigenvalue weighted by Gasteiger charge is -2.11. The minimum Gasteiger partial charge on any atom is -0.341 e. The molecule has 2 heterocycles. The van der Waals surface area contributed by atoms with Gasteiger partial charge in [-0.1, -0.05) is 23.4 Å². The van der Waals surface area contributed by atoms with E-state index in [4.69, 9.17) is 17.3 Å². The molecular formula is C14H14ClN5S. The number of imidazole rings is 1. The first kappa shape index (κ1) is 14.3. The van der Waals surface area contributed by atoms with E-state index >= 15 is 0 Å². The third kappa shape index (κ3) is 3.18. The molecule has 0 spiro atoms. The molecule has 0 bridgehead atoms. The third-order valence-corrected chi connectivity index (χ3v) is 4.32. The Morgan fingerprint density at radius 1 is 1.33 bits per heavy atom. The van der Waals surface area contributed by atoms with Crippen LogP contribution in [0.5, 0.6) is 0 Å². The van der Waals surface area contributed by atoms with Crippen LogP contribution in [0.3, 0.4) is 0 Å². The number of rotatable bonds is 4. The fourth-order valence-electron chi connectivity index (χ4n) is 2.08. The summed E-state index contributed by atoms with van der Waals surface area (Å²) in [7, 11) is 0. The molecule has 1 aromatic carbocycles. The number of fused-ring (bicyclic) bond motifs is 1. The van der Waals surface area contributed by atoms with Crippen molar-refractivity contribution in [3.63, 3.8) is 0 Å². The highest BCUT2D eigenvalue weighted by Gasteiger charge is 2.12. The minimum atomic E-state index is 0.0698. The van der Waals surface area contributed by atoms with Gasteiger partial charge in [-0.3, -0.25) is 0 Å². The molecule has 0 aliphatic carbocycles. The maximum Gasteiger partial charge on any atom is 0.181 e. The van der Waals surface area contributed by atoms with Gasteiger partial charge in [0.15, 0.2) is 5.65 Å². The summed E-state index contributed by atoms with van der Waals surface area (Å²) in [5, 5.41) is 1.55. The average molecular weight is 320 g/mol. The van der Waals surface area contributed by atoms with E-state index in [9.17, 15) is 0 Å². The number of benzene rings is 1. The summed E-state index contributed by atoms with van der Waals surface area (Å²) < 4.78 is 0. The van der Waals surface area contributed by atoms with E-state index in [-0.39, 0.29) is 6.04 Å². The van der Waals surface area contributed by atoms with Crippen LogP contribution in [-0.4, -0.2) is 26.0 Å². The zero-order valence-corrected chi connectivity index (χ0v) is 12.9. The van der Waals surface area contributed by atoms with Crippen molar-refractivity contribution in [2.45, 2.75) is 29.3 Å². The van der Waals surface area contributed by atoms with Crippen molar-refractivity contribution in [3.05, 3.63) is 41.4 Å². The van der Waals surface area contributed by atoms with Crippen LogP contribution < -0.4 is 5.73 Å². The maximum absolute atomic E-state index is 6.09. The number of nitrogens with two attached hydrogens (primary N) is 1. The molecule has 0 amide bonds. The molecule has 5 nitrogen and oxygen atoms in total. The number of halogens is 1. The molecule has 21 heavy (non-hydrogen) atoms. The monoisotopic (exact) mass is 319 g/mol. The molecule has 0 fully saturated rings. The fourth-order valence-corrected chi connectivity index (χ4v) is 3.24. The number of aromatic amines is 1. The summed E-state index contributed by atoms with van der Waals surface area (Å²) in [4.78, 5) is 16.8. The lowest BCUT2D eigenvalue weighted by atomic mass is 10.1. The number of nitrogens with one attached hydrogen (secondary N) is 1. The molecule has 1 atom stereocenters. The first-order valence-corrected chi connectivity index (χ1v) is 7.69. The topological polar surface area (TPSA) is 80.5 Å². The summed E-state index contributed by atoms with van der Waals surface area (Å²) in [5.74, 6) is 0. The summed E-state index contributed by atoms with van der Waals surface area (Å²) >= 11 is 7.65. The zero-order valence-electron chi connectivity index (χ0n) is 11.4. The van der Waals surface area contributed by atoms with E-state index in [2.05, 4.69) is 19.9 Å². The minimum absolute atomic E-state index is 0.0698. The summed E-state index contributed by atoms with van der Waals surface area (Å²) in [5.41, 5.74) is 8.54. The number of H-pyrrole nitrogens is 1. The predicted molar refractivity (Wildman–Crippen MR) is 84.6 cm³/mol. The van der Waals surface area contributed by atoms with Crippen molar-refractivity contribution in [1.29, 1.82) is 0 Å². The van der Waals surface area contributed by atoms with Gasteiger partial charge in [-0.2, -0.15) is 0 Å². The molecule has 2 aromatic heterocycles. The van der Waals surface area contributed by atoms with Gasteiger partial charge in [0.05, 0.1) is 6.33 Å². The van der Waals surface area contributed by atoms with Crippen molar-refractivity contribution in [2.24, 2.45) is 5.73 Å². The first-order chi connectivity index (χ1) is 10.1. The Labute approximate surface area is 131 Å². The standard InChI is InChI=1S/C14H14ClN5S/c1-8(16)4-9-5-10(15)2-3-11(9)21-14-12-13(18-6-17-12)19-7-20-14/h2-3,5-8H,4,16H2,1H3,(H,17,18,19,20). The van der Waals surface area contributed by atoms with Crippen LogP contribution in [0.1, 0.15) is 12.5 Å². The quantitative estimate of drug-likeness (QED) is 0.722. The smallest absolute Gasteiger partial charge is 0.181 e. The third-order valence-electron chi connectivity index (χ3n) is 2.96. The van der Waals surface area contributed by atoms with Gasteiger partial charge in [0, 0.05) is 16.0 Å². The summed E-state index contributed by atoms with van der Waals surface area (Å²) in [6, 6.07) is 5.90. The van der Waals surface area contributed by atoms with Crippen molar-refractivity contribution in [1.82, 2.24) is 19.9 Å². The highest BCUT2D eigenvalue weighted by Crippen LogP contribution is 2.33. The Kier molecular flexibility index (Phi) is 4.10.